The van der Waals surface area contributed by atoms with Crippen LogP contribution in [-0.4, -0.2) is 21.2 Å². The van der Waals surface area contributed by atoms with Gasteiger partial charge in [-0.25, -0.2) is 4.79 Å². The van der Waals surface area contributed by atoms with Crippen molar-refractivity contribution in [2.75, 3.05) is 5.73 Å². The molecule has 3 rings (SSSR count). The Labute approximate surface area is 153 Å². The molecule has 0 bridgehead atoms. The van der Waals surface area contributed by atoms with Gasteiger partial charge < -0.3 is 10.5 Å². The number of carbonyl (C=O) groups is 1. The van der Waals surface area contributed by atoms with E-state index in [4.69, 9.17) is 10.5 Å². The molecule has 3 aromatic rings. The highest BCUT2D eigenvalue weighted by atomic mass is 19.4. The predicted octanol–water partition coefficient (Wildman–Crippen LogP) is 5.09. The van der Waals surface area contributed by atoms with Gasteiger partial charge in [0.05, 0.1) is 0 Å². The van der Waals surface area contributed by atoms with E-state index in [0.717, 1.165) is 6.20 Å². The van der Waals surface area contributed by atoms with Gasteiger partial charge in [-0.3, -0.25) is 9.55 Å². The number of alkyl halides is 3. The topological polar surface area (TPSA) is 70.1 Å². The minimum absolute atomic E-state index is 0.0248. The van der Waals surface area contributed by atoms with Crippen molar-refractivity contribution in [2.24, 2.45) is 0 Å². The van der Waals surface area contributed by atoms with Crippen molar-refractivity contribution in [1.82, 2.24) is 9.55 Å². The Bertz CT molecular complexity index is 1020. The maximum atomic E-state index is 13.3. The number of nitrogens with zero attached hydrogens (tertiary/aromatic N) is 2. The molecule has 27 heavy (non-hydrogen) atoms. The van der Waals surface area contributed by atoms with Gasteiger partial charge in [-0.15, -0.1) is 0 Å². The van der Waals surface area contributed by atoms with E-state index in [0.29, 0.717) is 10.8 Å². The monoisotopic (exact) mass is 377 g/mol. The Balaban J connectivity index is 2.08. The van der Waals surface area contributed by atoms with Crippen LogP contribution in [0.15, 0.2) is 42.9 Å². The van der Waals surface area contributed by atoms with Crippen LogP contribution < -0.4 is 5.73 Å². The largest absolute Gasteiger partial charge is 0.443 e. The summed E-state index contributed by atoms with van der Waals surface area (Å²) in [4.78, 5) is 15.6. The zero-order valence-electron chi connectivity index (χ0n) is 15.0. The molecular formula is C19H18F3N3O2. The molecule has 0 radical (unpaired) electrons. The van der Waals surface area contributed by atoms with E-state index < -0.39 is 23.6 Å². The third-order valence-electron chi connectivity index (χ3n) is 3.79. The summed E-state index contributed by atoms with van der Waals surface area (Å²) in [5, 5.41) is 1.26. The molecule has 0 amide bonds. The van der Waals surface area contributed by atoms with Gasteiger partial charge in [0.25, 0.3) is 0 Å². The Hall–Kier alpha value is -3.03. The van der Waals surface area contributed by atoms with Gasteiger partial charge in [-0.2, -0.15) is 13.2 Å². The van der Waals surface area contributed by atoms with Crippen molar-refractivity contribution in [3.8, 4) is 11.1 Å². The number of fused-ring (bicyclic) bond motifs is 1. The van der Waals surface area contributed by atoms with Gasteiger partial charge >= 0.3 is 12.3 Å². The van der Waals surface area contributed by atoms with Crippen LogP contribution >= 0.6 is 0 Å². The number of hydrogen-bond acceptors (Lipinski definition) is 4. The molecule has 0 spiro atoms. The number of aromatic nitrogens is 2. The Morgan fingerprint density at radius 1 is 1.11 bits per heavy atom. The van der Waals surface area contributed by atoms with Crippen LogP contribution in [0.2, 0.25) is 0 Å². The summed E-state index contributed by atoms with van der Waals surface area (Å²) >= 11 is 0. The van der Waals surface area contributed by atoms with Crippen LogP contribution in [0, 0.1) is 0 Å². The first kappa shape index (κ1) is 18.8. The Kier molecular flexibility index (Phi) is 4.37. The number of nitrogen functional groups attached to an aromatic ring is 1. The SMILES string of the molecule is CC(C)(C)OC(=O)n1cc2ccc(-c3c(N)ccnc3C(F)(F)F)cc2c1. The van der Waals surface area contributed by atoms with E-state index in [9.17, 15) is 18.0 Å². The molecule has 0 saturated carbocycles. The Morgan fingerprint density at radius 3 is 2.41 bits per heavy atom. The Morgan fingerprint density at radius 2 is 1.78 bits per heavy atom. The molecule has 1 aromatic carbocycles. The van der Waals surface area contributed by atoms with Crippen LogP contribution in [-0.2, 0) is 10.9 Å². The van der Waals surface area contributed by atoms with E-state index in [-0.39, 0.29) is 16.8 Å². The van der Waals surface area contributed by atoms with E-state index in [2.05, 4.69) is 4.98 Å². The third kappa shape index (κ3) is 3.89. The number of pyridine rings is 1. The molecular weight excluding hydrogens is 359 g/mol. The molecule has 0 atom stereocenters. The number of nitrogens with two attached hydrogens (primary N) is 1. The van der Waals surface area contributed by atoms with Gasteiger partial charge in [-0.1, -0.05) is 12.1 Å². The molecule has 0 aliphatic heterocycles. The fraction of sp³-hybridized carbons (Fsp3) is 0.263. The molecule has 2 heterocycles. The van der Waals surface area contributed by atoms with Gasteiger partial charge in [0.15, 0.2) is 5.69 Å². The number of ether oxygens (including phenoxy) is 1. The molecule has 2 aromatic heterocycles. The molecule has 8 heteroatoms. The van der Waals surface area contributed by atoms with Crippen LogP contribution in [0.3, 0.4) is 0 Å². The van der Waals surface area contributed by atoms with E-state index in [1.54, 1.807) is 39.1 Å². The highest BCUT2D eigenvalue weighted by Gasteiger charge is 2.36. The summed E-state index contributed by atoms with van der Waals surface area (Å²) in [6, 6.07) is 6.00. The fourth-order valence-electron chi connectivity index (χ4n) is 2.71. The first-order chi connectivity index (χ1) is 12.5. The second-order valence-electron chi connectivity index (χ2n) is 7.11. The van der Waals surface area contributed by atoms with Crippen LogP contribution in [0.4, 0.5) is 23.7 Å². The number of rotatable bonds is 1. The normalized spacial score (nSPS) is 12.4. The molecule has 0 aliphatic rings. The number of hydrogen-bond donors (Lipinski definition) is 1. The summed E-state index contributed by atoms with van der Waals surface area (Å²) in [5.74, 6) is 0. The number of halogens is 3. The lowest BCUT2D eigenvalue weighted by molar-refractivity contribution is -0.140. The lowest BCUT2D eigenvalue weighted by Crippen LogP contribution is -2.26. The summed E-state index contributed by atoms with van der Waals surface area (Å²) in [6.07, 6.45) is -1.12. The van der Waals surface area contributed by atoms with Gasteiger partial charge in [0, 0.05) is 40.6 Å². The number of benzene rings is 1. The molecule has 0 unspecified atom stereocenters. The van der Waals surface area contributed by atoms with Crippen LogP contribution in [0.5, 0.6) is 0 Å². The van der Waals surface area contributed by atoms with Gasteiger partial charge in [0.1, 0.15) is 5.60 Å². The predicted molar refractivity (Wildman–Crippen MR) is 96.2 cm³/mol. The molecule has 0 fully saturated rings. The van der Waals surface area contributed by atoms with Crippen molar-refractivity contribution in [2.45, 2.75) is 32.5 Å². The van der Waals surface area contributed by atoms with E-state index >= 15 is 0 Å². The number of carbonyl (C=O) groups excluding carboxylic acids is 1. The first-order valence-corrected chi connectivity index (χ1v) is 8.13. The quantitative estimate of drug-likeness (QED) is 0.641. The van der Waals surface area contributed by atoms with Crippen LogP contribution in [0.1, 0.15) is 26.5 Å². The average Bonchev–Trinajstić information content (AvgIpc) is 2.95. The summed E-state index contributed by atoms with van der Waals surface area (Å²) in [7, 11) is 0. The third-order valence-corrected chi connectivity index (χ3v) is 3.79. The molecule has 0 aliphatic carbocycles. The summed E-state index contributed by atoms with van der Waals surface area (Å²) in [5.41, 5.74) is 4.15. The zero-order chi connectivity index (χ0) is 20.0. The molecule has 5 nitrogen and oxygen atoms in total. The second-order valence-corrected chi connectivity index (χ2v) is 7.11. The second kappa shape index (κ2) is 6.29. The fourth-order valence-corrected chi connectivity index (χ4v) is 2.71. The zero-order valence-corrected chi connectivity index (χ0v) is 15.0. The molecule has 2 N–H and O–H groups in total. The molecule has 0 saturated heterocycles. The highest BCUT2D eigenvalue weighted by molar-refractivity contribution is 5.92. The van der Waals surface area contributed by atoms with Crippen molar-refractivity contribution < 1.29 is 22.7 Å². The highest BCUT2D eigenvalue weighted by Crippen LogP contribution is 2.39. The maximum absolute atomic E-state index is 13.3. The van der Waals surface area contributed by atoms with Crippen molar-refractivity contribution in [3.05, 3.63) is 48.5 Å². The van der Waals surface area contributed by atoms with Gasteiger partial charge in [0.2, 0.25) is 0 Å². The smallest absolute Gasteiger partial charge is 0.434 e. The van der Waals surface area contributed by atoms with Crippen molar-refractivity contribution in [3.63, 3.8) is 0 Å². The van der Waals surface area contributed by atoms with Crippen molar-refractivity contribution >= 4 is 22.6 Å². The lowest BCUT2D eigenvalue weighted by atomic mass is 10.00. The van der Waals surface area contributed by atoms with Crippen LogP contribution in [0.25, 0.3) is 21.9 Å². The number of anilines is 1. The minimum Gasteiger partial charge on any atom is -0.443 e. The van der Waals surface area contributed by atoms with E-state index in [1.807, 2.05) is 0 Å². The molecule has 142 valence electrons. The summed E-state index contributed by atoms with van der Waals surface area (Å²) < 4.78 is 46.5. The standard InChI is InChI=1S/C19H18F3N3O2/c1-18(2,3)27-17(26)25-9-12-5-4-11(8-13(12)10-25)15-14(23)6-7-24-16(15)19(20,21)22/h4-10H,1-3H3,(H2,23,24). The average molecular weight is 377 g/mol. The first-order valence-electron chi connectivity index (χ1n) is 8.13. The lowest BCUT2D eigenvalue weighted by Gasteiger charge is -2.19. The minimum atomic E-state index is -4.64. The van der Waals surface area contributed by atoms with Crippen molar-refractivity contribution in [1.29, 1.82) is 0 Å². The summed E-state index contributed by atoms with van der Waals surface area (Å²) in [6.45, 7) is 5.24. The van der Waals surface area contributed by atoms with E-state index in [1.165, 1.54) is 22.9 Å². The van der Waals surface area contributed by atoms with Gasteiger partial charge in [-0.05, 0) is 38.5 Å². The maximum Gasteiger partial charge on any atom is 0.434 e.